The summed E-state index contributed by atoms with van der Waals surface area (Å²) in [6.45, 7) is 6.85. The number of carbonyl (C=O) groups is 1. The van der Waals surface area contributed by atoms with Crippen molar-refractivity contribution < 1.29 is 32.2 Å². The van der Waals surface area contributed by atoms with Crippen molar-refractivity contribution in [1.29, 1.82) is 0 Å². The predicted molar refractivity (Wildman–Crippen MR) is 113 cm³/mol. The third-order valence-corrected chi connectivity index (χ3v) is 6.17. The van der Waals surface area contributed by atoms with Crippen molar-refractivity contribution in [1.82, 2.24) is 14.9 Å². The topological polar surface area (TPSA) is 119 Å². The molecule has 0 aliphatic carbocycles. The van der Waals surface area contributed by atoms with Crippen molar-refractivity contribution in [2.24, 2.45) is 0 Å². The highest BCUT2D eigenvalue weighted by atomic mass is 32.2. The van der Waals surface area contributed by atoms with E-state index in [4.69, 9.17) is 14.6 Å². The van der Waals surface area contributed by atoms with Crippen molar-refractivity contribution in [2.75, 3.05) is 25.9 Å². The second kappa shape index (κ2) is 9.61. The Morgan fingerprint density at radius 2 is 1.94 bits per heavy atom. The van der Waals surface area contributed by atoms with Crippen molar-refractivity contribution >= 4 is 15.8 Å². The number of likely N-dealkylation sites (tertiary alicyclic amines) is 1. The maximum atomic E-state index is 14.3. The van der Waals surface area contributed by atoms with Gasteiger partial charge in [-0.25, -0.2) is 27.6 Å². The number of halogens is 1. The second-order valence-electron chi connectivity index (χ2n) is 7.58. The number of sulfone groups is 1. The molecular formula is C21H24FN3O6S. The monoisotopic (exact) mass is 465 g/mol. The first kappa shape index (κ1) is 23.6. The molecular weight excluding hydrogens is 441 g/mol. The molecule has 0 amide bonds. The van der Waals surface area contributed by atoms with Crippen molar-refractivity contribution in [2.45, 2.75) is 30.8 Å². The Bertz CT molecular complexity index is 1130. The van der Waals surface area contributed by atoms with Gasteiger partial charge in [-0.1, -0.05) is 6.58 Å². The quantitative estimate of drug-likeness (QED) is 0.587. The van der Waals surface area contributed by atoms with Crippen LogP contribution in [-0.4, -0.2) is 66.4 Å². The van der Waals surface area contributed by atoms with E-state index in [0.29, 0.717) is 43.9 Å². The van der Waals surface area contributed by atoms with Gasteiger partial charge >= 0.3 is 5.97 Å². The summed E-state index contributed by atoms with van der Waals surface area (Å²) in [6, 6.07) is 3.38. The lowest BCUT2D eigenvalue weighted by Gasteiger charge is -2.32. The summed E-state index contributed by atoms with van der Waals surface area (Å²) in [5.41, 5.74) is 0.621. The van der Waals surface area contributed by atoms with E-state index in [1.807, 2.05) is 4.90 Å². The zero-order valence-electron chi connectivity index (χ0n) is 17.7. The van der Waals surface area contributed by atoms with Gasteiger partial charge in [0.05, 0.1) is 10.5 Å². The van der Waals surface area contributed by atoms with E-state index in [1.54, 1.807) is 6.92 Å². The normalized spacial score (nSPS) is 15.3. The first-order valence-corrected chi connectivity index (χ1v) is 11.7. The van der Waals surface area contributed by atoms with Gasteiger partial charge in [0.1, 0.15) is 12.4 Å². The lowest BCUT2D eigenvalue weighted by molar-refractivity contribution is -0.132. The maximum Gasteiger partial charge on any atom is 0.332 e. The van der Waals surface area contributed by atoms with Crippen molar-refractivity contribution in [3.05, 3.63) is 48.1 Å². The number of carboxylic acids is 1. The smallest absolute Gasteiger partial charge is 0.332 e. The van der Waals surface area contributed by atoms with Gasteiger partial charge in [-0.15, -0.1) is 0 Å². The summed E-state index contributed by atoms with van der Waals surface area (Å²) in [7, 11) is -3.54. The number of carboxylic acid groups (broad SMARTS) is 1. The Hall–Kier alpha value is -3.05. The number of benzene rings is 1. The van der Waals surface area contributed by atoms with Crippen LogP contribution in [0.2, 0.25) is 0 Å². The number of ether oxygens (including phenoxy) is 2. The molecule has 2 heterocycles. The van der Waals surface area contributed by atoms with E-state index >= 15 is 0 Å². The third-order valence-electron chi connectivity index (χ3n) is 5.06. The van der Waals surface area contributed by atoms with Crippen LogP contribution >= 0.6 is 0 Å². The Labute approximate surface area is 185 Å². The van der Waals surface area contributed by atoms with Crippen LogP contribution in [0.25, 0.3) is 0 Å². The molecule has 1 aromatic heterocycles. The van der Waals surface area contributed by atoms with Gasteiger partial charge in [-0.05, 0) is 38.0 Å². The molecule has 1 fully saturated rings. The average molecular weight is 466 g/mol. The molecule has 11 heteroatoms. The average Bonchev–Trinajstić information content (AvgIpc) is 2.72. The Morgan fingerprint density at radius 1 is 1.28 bits per heavy atom. The molecule has 1 aliphatic heterocycles. The Kier molecular flexibility index (Phi) is 7.09. The molecule has 9 nitrogen and oxygen atoms in total. The minimum absolute atomic E-state index is 0.0937. The standard InChI is InChI=1S/C21H24FN3O6S/c1-13(21(26)27)11-25-8-6-15(7-9-25)30-19-14(2)20(24-12-23-19)31-18-5-4-16(10-17(18)22)32(3,28)29/h4-5,10,12,15H,1,6-9,11H2,2-3H3,(H,26,27). The van der Waals surface area contributed by atoms with Gasteiger partial charge in [0.25, 0.3) is 0 Å². The molecule has 32 heavy (non-hydrogen) atoms. The van der Waals surface area contributed by atoms with Crippen LogP contribution in [0.15, 0.2) is 41.6 Å². The molecule has 0 spiro atoms. The number of piperidine rings is 1. The minimum Gasteiger partial charge on any atom is -0.478 e. The summed E-state index contributed by atoms with van der Waals surface area (Å²) in [5.74, 6) is -1.61. The SMILES string of the molecule is C=C(CN1CCC(Oc2ncnc(Oc3ccc(S(C)(=O)=O)cc3F)c2C)CC1)C(=O)O. The second-order valence-corrected chi connectivity index (χ2v) is 9.59. The number of rotatable bonds is 8. The first-order valence-electron chi connectivity index (χ1n) is 9.83. The fraction of sp³-hybridized carbons (Fsp3) is 0.381. The van der Waals surface area contributed by atoms with Gasteiger partial charge in [0.15, 0.2) is 21.4 Å². The number of aliphatic carboxylic acids is 1. The van der Waals surface area contributed by atoms with Gasteiger partial charge in [-0.3, -0.25) is 4.90 Å². The summed E-state index contributed by atoms with van der Waals surface area (Å²) < 4.78 is 49.0. The highest BCUT2D eigenvalue weighted by molar-refractivity contribution is 7.90. The first-order chi connectivity index (χ1) is 15.0. The van der Waals surface area contributed by atoms with Crippen molar-refractivity contribution in [3.63, 3.8) is 0 Å². The van der Waals surface area contributed by atoms with Crippen LogP contribution in [0.4, 0.5) is 4.39 Å². The molecule has 0 bridgehead atoms. The van der Waals surface area contributed by atoms with Crippen molar-refractivity contribution in [3.8, 4) is 17.5 Å². The van der Waals surface area contributed by atoms with E-state index in [2.05, 4.69) is 16.5 Å². The fourth-order valence-corrected chi connectivity index (χ4v) is 3.85. The van der Waals surface area contributed by atoms with Gasteiger partial charge in [0.2, 0.25) is 11.8 Å². The summed E-state index contributed by atoms with van der Waals surface area (Å²) in [5, 5.41) is 8.96. The zero-order chi connectivity index (χ0) is 23.5. The van der Waals surface area contributed by atoms with Crippen LogP contribution in [-0.2, 0) is 14.6 Å². The largest absolute Gasteiger partial charge is 0.478 e. The highest BCUT2D eigenvalue weighted by Gasteiger charge is 2.24. The highest BCUT2D eigenvalue weighted by Crippen LogP contribution is 2.31. The number of hydrogen-bond donors (Lipinski definition) is 1. The lowest BCUT2D eigenvalue weighted by atomic mass is 10.1. The van der Waals surface area contributed by atoms with Crippen LogP contribution in [0.1, 0.15) is 18.4 Å². The molecule has 172 valence electrons. The fourth-order valence-electron chi connectivity index (χ4n) is 3.22. The minimum atomic E-state index is -3.54. The summed E-state index contributed by atoms with van der Waals surface area (Å²) in [4.78, 5) is 21.0. The Morgan fingerprint density at radius 3 is 2.53 bits per heavy atom. The van der Waals surface area contributed by atoms with Gasteiger partial charge in [0, 0.05) is 31.5 Å². The number of hydrogen-bond acceptors (Lipinski definition) is 8. The molecule has 1 N–H and O–H groups in total. The van der Waals surface area contributed by atoms with E-state index in [1.165, 1.54) is 18.5 Å². The summed E-state index contributed by atoms with van der Waals surface area (Å²) >= 11 is 0. The molecule has 1 aliphatic rings. The van der Waals surface area contributed by atoms with E-state index in [-0.39, 0.29) is 28.2 Å². The molecule has 1 saturated heterocycles. The predicted octanol–water partition coefficient (Wildman–Crippen LogP) is 2.60. The maximum absolute atomic E-state index is 14.3. The van der Waals surface area contributed by atoms with Crippen LogP contribution < -0.4 is 9.47 Å². The van der Waals surface area contributed by atoms with Gasteiger partial charge < -0.3 is 14.6 Å². The van der Waals surface area contributed by atoms with Crippen LogP contribution in [0.3, 0.4) is 0 Å². The molecule has 3 rings (SSSR count). The van der Waals surface area contributed by atoms with Crippen LogP contribution in [0, 0.1) is 12.7 Å². The molecule has 0 atom stereocenters. The summed E-state index contributed by atoms with van der Waals surface area (Å²) in [6.07, 6.45) is 3.46. The van der Waals surface area contributed by atoms with E-state index < -0.39 is 21.6 Å². The lowest BCUT2D eigenvalue weighted by Crippen LogP contribution is -2.39. The number of nitrogens with zero attached hydrogens (tertiary/aromatic N) is 3. The Balaban J connectivity index is 1.65. The zero-order valence-corrected chi connectivity index (χ0v) is 18.6. The molecule has 0 unspecified atom stereocenters. The van der Waals surface area contributed by atoms with Gasteiger partial charge in [-0.2, -0.15) is 0 Å². The molecule has 2 aromatic rings. The molecule has 1 aromatic carbocycles. The number of aromatic nitrogens is 2. The van der Waals surface area contributed by atoms with E-state index in [0.717, 1.165) is 12.3 Å². The molecule has 0 saturated carbocycles. The van der Waals surface area contributed by atoms with Crippen LogP contribution in [0.5, 0.6) is 17.5 Å². The molecule has 0 radical (unpaired) electrons. The third kappa shape index (κ3) is 5.80. The van der Waals surface area contributed by atoms with E-state index in [9.17, 15) is 17.6 Å².